The van der Waals surface area contributed by atoms with E-state index in [9.17, 15) is 26.8 Å². The van der Waals surface area contributed by atoms with E-state index in [2.05, 4.69) is 5.32 Å². The molecule has 4 aromatic rings. The summed E-state index contributed by atoms with van der Waals surface area (Å²) in [5.41, 5.74) is 1.36. The number of hydrogen-bond donors (Lipinski definition) is 1. The summed E-state index contributed by atoms with van der Waals surface area (Å²) < 4.78 is 61.7. The lowest BCUT2D eigenvalue weighted by Crippen LogP contribution is -2.54. The van der Waals surface area contributed by atoms with E-state index in [0.717, 1.165) is 22.0 Å². The third kappa shape index (κ3) is 8.66. The summed E-state index contributed by atoms with van der Waals surface area (Å²) >= 11 is 0. The average Bonchev–Trinajstić information content (AvgIpc) is 3.03. The molecule has 0 saturated heterocycles. The van der Waals surface area contributed by atoms with Crippen LogP contribution in [0.4, 0.5) is 14.5 Å². The van der Waals surface area contributed by atoms with Crippen molar-refractivity contribution >= 4 is 27.5 Å². The van der Waals surface area contributed by atoms with E-state index < -0.39 is 46.1 Å². The van der Waals surface area contributed by atoms with Gasteiger partial charge in [0.1, 0.15) is 30.0 Å². The van der Waals surface area contributed by atoms with Gasteiger partial charge in [0.05, 0.1) is 17.7 Å². The molecule has 8 nitrogen and oxygen atoms in total. The number of halogens is 2. The minimum absolute atomic E-state index is 0.0496. The highest BCUT2D eigenvalue weighted by Gasteiger charge is 2.35. The first-order chi connectivity index (χ1) is 21.5. The van der Waals surface area contributed by atoms with Crippen molar-refractivity contribution in [3.8, 4) is 5.75 Å². The first kappa shape index (κ1) is 33.1. The number of hydrogen-bond acceptors (Lipinski definition) is 5. The molecule has 4 rings (SSSR count). The summed E-state index contributed by atoms with van der Waals surface area (Å²) in [6.45, 7) is 2.77. The zero-order valence-electron chi connectivity index (χ0n) is 25.2. The van der Waals surface area contributed by atoms with Crippen LogP contribution < -0.4 is 14.4 Å². The Balaban J connectivity index is 1.79. The summed E-state index contributed by atoms with van der Waals surface area (Å²) in [6.07, 6.45) is 0.133. The zero-order chi connectivity index (χ0) is 32.6. The van der Waals surface area contributed by atoms with Gasteiger partial charge in [-0.25, -0.2) is 17.2 Å². The van der Waals surface area contributed by atoms with Crippen LogP contribution in [0.1, 0.15) is 25.0 Å². The minimum atomic E-state index is -4.37. The fourth-order valence-electron chi connectivity index (χ4n) is 4.73. The molecule has 0 radical (unpaired) electrons. The maximum atomic E-state index is 14.3. The Kier molecular flexibility index (Phi) is 10.9. The second kappa shape index (κ2) is 14.8. The average molecular weight is 636 g/mol. The lowest BCUT2D eigenvalue weighted by atomic mass is 10.0. The molecule has 0 saturated carbocycles. The fraction of sp³-hybridized carbons (Fsp3) is 0.235. The maximum Gasteiger partial charge on any atom is 0.264 e. The molecular formula is C34H35F2N3O5S. The highest BCUT2D eigenvalue weighted by atomic mass is 32.2. The van der Waals surface area contributed by atoms with E-state index in [1.807, 2.05) is 30.3 Å². The van der Waals surface area contributed by atoms with Crippen LogP contribution in [-0.4, -0.2) is 50.9 Å². The van der Waals surface area contributed by atoms with Gasteiger partial charge in [-0.2, -0.15) is 0 Å². The highest BCUT2D eigenvalue weighted by Crippen LogP contribution is 2.26. The Morgan fingerprint density at radius 1 is 0.800 bits per heavy atom. The van der Waals surface area contributed by atoms with Gasteiger partial charge in [0.15, 0.2) is 0 Å². The van der Waals surface area contributed by atoms with Crippen molar-refractivity contribution in [1.82, 2.24) is 10.2 Å². The number of carbonyl (C=O) groups excluding carboxylic acids is 2. The first-order valence-corrected chi connectivity index (χ1v) is 15.7. The smallest absolute Gasteiger partial charge is 0.264 e. The second-order valence-electron chi connectivity index (χ2n) is 10.7. The van der Waals surface area contributed by atoms with Gasteiger partial charge in [0.25, 0.3) is 10.0 Å². The molecule has 1 N–H and O–H groups in total. The molecule has 4 aromatic carbocycles. The standard InChI is InChI=1S/C34H35F2N3O5S/c1-24(2)37-34(41)32(21-25-7-5-4-6-8-25)38(22-26-9-11-27(35)12-10-26)33(40)23-39(29-15-13-28(36)14-16-29)45(42,43)31-19-17-30(44-3)18-20-31/h4-20,24,32H,21-23H2,1-3H3,(H,37,41)/t32-/m0/s1. The maximum absolute atomic E-state index is 14.3. The van der Waals surface area contributed by atoms with Crippen LogP contribution in [0.2, 0.25) is 0 Å². The Morgan fingerprint density at radius 2 is 1.38 bits per heavy atom. The number of anilines is 1. The third-order valence-corrected chi connectivity index (χ3v) is 8.80. The van der Waals surface area contributed by atoms with Crippen molar-refractivity contribution in [3.05, 3.63) is 126 Å². The lowest BCUT2D eigenvalue weighted by Gasteiger charge is -2.34. The van der Waals surface area contributed by atoms with E-state index >= 15 is 0 Å². The van der Waals surface area contributed by atoms with E-state index in [0.29, 0.717) is 11.3 Å². The monoisotopic (exact) mass is 635 g/mol. The van der Waals surface area contributed by atoms with Gasteiger partial charge in [0, 0.05) is 19.0 Å². The number of benzene rings is 4. The summed E-state index contributed by atoms with van der Waals surface area (Å²) in [5, 5.41) is 2.87. The normalized spacial score (nSPS) is 12.0. The van der Waals surface area contributed by atoms with Crippen LogP contribution in [0.5, 0.6) is 5.75 Å². The molecule has 1 atom stereocenters. The molecule has 236 valence electrons. The number of sulfonamides is 1. The van der Waals surface area contributed by atoms with Crippen LogP contribution in [0, 0.1) is 11.6 Å². The summed E-state index contributed by atoms with van der Waals surface area (Å²) in [7, 11) is -2.92. The first-order valence-electron chi connectivity index (χ1n) is 14.3. The lowest BCUT2D eigenvalue weighted by molar-refractivity contribution is -0.140. The number of amides is 2. The summed E-state index contributed by atoms with van der Waals surface area (Å²) in [6, 6.07) is 23.7. The highest BCUT2D eigenvalue weighted by molar-refractivity contribution is 7.92. The van der Waals surface area contributed by atoms with Gasteiger partial charge in [-0.15, -0.1) is 0 Å². The molecule has 0 heterocycles. The van der Waals surface area contributed by atoms with E-state index in [1.54, 1.807) is 13.8 Å². The van der Waals surface area contributed by atoms with Crippen molar-refractivity contribution in [3.63, 3.8) is 0 Å². The molecule has 0 aliphatic heterocycles. The number of carbonyl (C=O) groups is 2. The molecule has 0 bridgehead atoms. The molecule has 0 aliphatic carbocycles. The quantitative estimate of drug-likeness (QED) is 0.214. The van der Waals surface area contributed by atoms with Gasteiger partial charge in [-0.3, -0.25) is 13.9 Å². The van der Waals surface area contributed by atoms with Crippen molar-refractivity contribution in [2.24, 2.45) is 0 Å². The zero-order valence-corrected chi connectivity index (χ0v) is 26.0. The topological polar surface area (TPSA) is 96.0 Å². The largest absolute Gasteiger partial charge is 0.497 e. The number of nitrogens with one attached hydrogen (secondary N) is 1. The molecular weight excluding hydrogens is 600 g/mol. The van der Waals surface area contributed by atoms with E-state index in [-0.39, 0.29) is 29.6 Å². The molecule has 0 aromatic heterocycles. The number of rotatable bonds is 13. The molecule has 2 amide bonds. The Hall–Kier alpha value is -4.77. The van der Waals surface area contributed by atoms with E-state index in [1.165, 1.54) is 72.7 Å². The molecule has 0 unspecified atom stereocenters. The van der Waals surface area contributed by atoms with Gasteiger partial charge in [-0.05, 0) is 85.6 Å². The van der Waals surface area contributed by atoms with Crippen molar-refractivity contribution in [1.29, 1.82) is 0 Å². The van der Waals surface area contributed by atoms with Crippen molar-refractivity contribution < 1.29 is 31.5 Å². The van der Waals surface area contributed by atoms with Gasteiger partial charge < -0.3 is 15.0 Å². The van der Waals surface area contributed by atoms with Crippen LogP contribution in [0.3, 0.4) is 0 Å². The molecule has 45 heavy (non-hydrogen) atoms. The number of nitrogens with zero attached hydrogens (tertiary/aromatic N) is 2. The molecule has 0 aliphatic rings. The molecule has 11 heteroatoms. The van der Waals surface area contributed by atoms with Gasteiger partial charge in [0.2, 0.25) is 11.8 Å². The summed E-state index contributed by atoms with van der Waals surface area (Å²) in [4.78, 5) is 29.2. The van der Waals surface area contributed by atoms with Crippen LogP contribution in [0.15, 0.2) is 108 Å². The minimum Gasteiger partial charge on any atom is -0.497 e. The Labute approximate surface area is 262 Å². The summed E-state index contributed by atoms with van der Waals surface area (Å²) in [5.74, 6) is -1.75. The molecule has 0 spiro atoms. The second-order valence-corrected chi connectivity index (χ2v) is 12.5. The van der Waals surface area contributed by atoms with Crippen molar-refractivity contribution in [2.75, 3.05) is 18.0 Å². The Morgan fingerprint density at radius 3 is 1.93 bits per heavy atom. The number of ether oxygens (including phenoxy) is 1. The predicted octanol–water partition coefficient (Wildman–Crippen LogP) is 5.33. The fourth-order valence-corrected chi connectivity index (χ4v) is 6.15. The van der Waals surface area contributed by atoms with E-state index in [4.69, 9.17) is 4.74 Å². The van der Waals surface area contributed by atoms with Crippen LogP contribution >= 0.6 is 0 Å². The number of methoxy groups -OCH3 is 1. The molecule has 0 fully saturated rings. The van der Waals surface area contributed by atoms with Crippen LogP contribution in [0.25, 0.3) is 0 Å². The van der Waals surface area contributed by atoms with Crippen LogP contribution in [-0.2, 0) is 32.6 Å². The third-order valence-electron chi connectivity index (χ3n) is 7.01. The predicted molar refractivity (Wildman–Crippen MR) is 168 cm³/mol. The van der Waals surface area contributed by atoms with Gasteiger partial charge >= 0.3 is 0 Å². The van der Waals surface area contributed by atoms with Gasteiger partial charge in [-0.1, -0.05) is 42.5 Å². The van der Waals surface area contributed by atoms with Crippen molar-refractivity contribution in [2.45, 2.75) is 43.8 Å². The SMILES string of the molecule is COc1ccc(S(=O)(=O)N(CC(=O)N(Cc2ccc(F)cc2)[C@@H](Cc2ccccc2)C(=O)NC(C)C)c2ccc(F)cc2)cc1. The Bertz CT molecular complexity index is 1680.